The van der Waals surface area contributed by atoms with Crippen LogP contribution >= 0.6 is 15.9 Å². The van der Waals surface area contributed by atoms with Crippen molar-refractivity contribution in [2.24, 2.45) is 5.10 Å². The quantitative estimate of drug-likeness (QED) is 0.234. The average molecular weight is 467 g/mol. The Morgan fingerprint density at radius 3 is 2.43 bits per heavy atom. The minimum atomic E-state index is -0.481. The lowest BCUT2D eigenvalue weighted by atomic mass is 10.2. The predicted octanol–water partition coefficient (Wildman–Crippen LogP) is 4.83. The van der Waals surface area contributed by atoms with Crippen LogP contribution in [0.15, 0.2) is 82.4 Å². The van der Waals surface area contributed by atoms with Gasteiger partial charge in [-0.05, 0) is 61.5 Å². The van der Waals surface area contributed by atoms with Crippen molar-refractivity contribution in [2.45, 2.75) is 6.92 Å². The number of nitrogens with zero attached hydrogens (tertiary/aromatic N) is 1. The molecule has 0 heterocycles. The van der Waals surface area contributed by atoms with Crippen LogP contribution in [-0.2, 0) is 0 Å². The van der Waals surface area contributed by atoms with Crippen LogP contribution in [0.25, 0.3) is 0 Å². The number of nitrogens with one attached hydrogen (secondary N) is 1. The molecule has 0 spiro atoms. The molecule has 30 heavy (non-hydrogen) atoms. The fourth-order valence-electron chi connectivity index (χ4n) is 2.54. The van der Waals surface area contributed by atoms with Crippen molar-refractivity contribution in [2.75, 3.05) is 6.61 Å². The summed E-state index contributed by atoms with van der Waals surface area (Å²) >= 11 is 3.38. The molecule has 0 saturated carbocycles. The van der Waals surface area contributed by atoms with E-state index in [9.17, 15) is 9.59 Å². The van der Waals surface area contributed by atoms with Crippen molar-refractivity contribution in [3.8, 4) is 11.5 Å². The molecule has 3 rings (SSSR count). The molecule has 3 aromatic rings. The fourth-order valence-corrected chi connectivity index (χ4v) is 2.92. The molecule has 0 aliphatic rings. The number of ether oxygens (including phenoxy) is 2. The zero-order chi connectivity index (χ0) is 21.3. The number of hydrogen-bond acceptors (Lipinski definition) is 5. The van der Waals surface area contributed by atoms with Crippen molar-refractivity contribution < 1.29 is 19.1 Å². The standard InChI is InChI=1S/C23H19BrN2O4/c1-2-29-20-11-8-16(9-12-20)22(27)26-25-15-18-14-19(24)10-13-21(18)30-23(28)17-6-4-3-5-7-17/h3-15H,2H2,1H3,(H,26,27)/b25-15-. The summed E-state index contributed by atoms with van der Waals surface area (Å²) < 4.78 is 11.6. The Labute approximate surface area is 182 Å². The lowest BCUT2D eigenvalue weighted by Crippen LogP contribution is -2.17. The van der Waals surface area contributed by atoms with Crippen molar-refractivity contribution in [1.29, 1.82) is 0 Å². The largest absolute Gasteiger partial charge is 0.494 e. The highest BCUT2D eigenvalue weighted by molar-refractivity contribution is 9.10. The molecular weight excluding hydrogens is 448 g/mol. The second-order valence-electron chi connectivity index (χ2n) is 6.09. The molecule has 0 saturated heterocycles. The lowest BCUT2D eigenvalue weighted by Gasteiger charge is -2.08. The van der Waals surface area contributed by atoms with Gasteiger partial charge in [-0.25, -0.2) is 10.2 Å². The third-order valence-electron chi connectivity index (χ3n) is 3.98. The van der Waals surface area contributed by atoms with Crippen molar-refractivity contribution >= 4 is 34.0 Å². The summed E-state index contributed by atoms with van der Waals surface area (Å²) in [7, 11) is 0. The van der Waals surface area contributed by atoms with Crippen molar-refractivity contribution in [3.63, 3.8) is 0 Å². The predicted molar refractivity (Wildman–Crippen MR) is 118 cm³/mol. The lowest BCUT2D eigenvalue weighted by molar-refractivity contribution is 0.0734. The maximum absolute atomic E-state index is 12.3. The molecule has 1 amide bonds. The summed E-state index contributed by atoms with van der Waals surface area (Å²) in [5, 5.41) is 3.99. The van der Waals surface area contributed by atoms with Crippen LogP contribution in [0.4, 0.5) is 0 Å². The molecule has 152 valence electrons. The number of rotatable bonds is 7. The van der Waals surface area contributed by atoms with Crippen LogP contribution in [0.5, 0.6) is 11.5 Å². The van der Waals surface area contributed by atoms with E-state index in [1.807, 2.05) is 13.0 Å². The van der Waals surface area contributed by atoms with E-state index in [0.717, 1.165) is 4.47 Å². The number of benzene rings is 3. The number of carbonyl (C=O) groups is 2. The van der Waals surface area contributed by atoms with E-state index in [0.29, 0.717) is 34.8 Å². The molecule has 3 aromatic carbocycles. The van der Waals surface area contributed by atoms with Gasteiger partial charge in [0, 0.05) is 15.6 Å². The Bertz CT molecular complexity index is 1050. The summed E-state index contributed by atoms with van der Waals surface area (Å²) in [6.45, 7) is 2.45. The topological polar surface area (TPSA) is 77.0 Å². The van der Waals surface area contributed by atoms with Crippen LogP contribution < -0.4 is 14.9 Å². The van der Waals surface area contributed by atoms with E-state index in [2.05, 4.69) is 26.5 Å². The fraction of sp³-hybridized carbons (Fsp3) is 0.0870. The number of hydrazone groups is 1. The molecule has 0 fully saturated rings. The highest BCUT2D eigenvalue weighted by Crippen LogP contribution is 2.23. The molecule has 0 atom stereocenters. The average Bonchev–Trinajstić information content (AvgIpc) is 2.76. The van der Waals surface area contributed by atoms with Gasteiger partial charge in [0.25, 0.3) is 5.91 Å². The third-order valence-corrected chi connectivity index (χ3v) is 4.47. The number of carbonyl (C=O) groups excluding carboxylic acids is 2. The maximum atomic E-state index is 12.3. The van der Waals surface area contributed by atoms with E-state index in [-0.39, 0.29) is 5.91 Å². The summed E-state index contributed by atoms with van der Waals surface area (Å²) in [5.74, 6) is 0.167. The van der Waals surface area contributed by atoms with Gasteiger partial charge in [-0.3, -0.25) is 4.79 Å². The van der Waals surface area contributed by atoms with Gasteiger partial charge in [0.15, 0.2) is 0 Å². The number of hydrogen-bond donors (Lipinski definition) is 1. The normalized spacial score (nSPS) is 10.6. The molecule has 7 heteroatoms. The highest BCUT2D eigenvalue weighted by Gasteiger charge is 2.11. The minimum Gasteiger partial charge on any atom is -0.494 e. The molecule has 1 N–H and O–H groups in total. The zero-order valence-corrected chi connectivity index (χ0v) is 17.8. The Morgan fingerprint density at radius 1 is 1.00 bits per heavy atom. The molecule has 0 aliphatic heterocycles. The maximum Gasteiger partial charge on any atom is 0.343 e. The van der Waals surface area contributed by atoms with Gasteiger partial charge in [-0.2, -0.15) is 5.10 Å². The molecule has 0 bridgehead atoms. The Balaban J connectivity index is 1.69. The van der Waals surface area contributed by atoms with Crippen LogP contribution in [0.1, 0.15) is 33.2 Å². The molecular formula is C23H19BrN2O4. The van der Waals surface area contributed by atoms with E-state index in [1.165, 1.54) is 6.21 Å². The smallest absolute Gasteiger partial charge is 0.343 e. The molecule has 0 unspecified atom stereocenters. The van der Waals surface area contributed by atoms with Gasteiger partial charge in [0.1, 0.15) is 11.5 Å². The Morgan fingerprint density at radius 2 is 1.73 bits per heavy atom. The van der Waals surface area contributed by atoms with Gasteiger partial charge in [-0.1, -0.05) is 34.1 Å². The number of amides is 1. The van der Waals surface area contributed by atoms with Gasteiger partial charge in [0.05, 0.1) is 18.4 Å². The second-order valence-corrected chi connectivity index (χ2v) is 7.01. The van der Waals surface area contributed by atoms with Gasteiger partial charge >= 0.3 is 5.97 Å². The van der Waals surface area contributed by atoms with Gasteiger partial charge < -0.3 is 9.47 Å². The summed E-state index contributed by atoms with van der Waals surface area (Å²) in [6.07, 6.45) is 1.42. The van der Waals surface area contributed by atoms with Crippen LogP contribution in [0.2, 0.25) is 0 Å². The first-order valence-corrected chi connectivity index (χ1v) is 9.99. The minimum absolute atomic E-state index is 0.325. The van der Waals surface area contributed by atoms with Gasteiger partial charge in [-0.15, -0.1) is 0 Å². The third kappa shape index (κ3) is 5.78. The first-order valence-electron chi connectivity index (χ1n) is 9.20. The first kappa shape index (κ1) is 21.3. The Hall–Kier alpha value is -3.45. The monoisotopic (exact) mass is 466 g/mol. The van der Waals surface area contributed by atoms with E-state index in [4.69, 9.17) is 9.47 Å². The van der Waals surface area contributed by atoms with E-state index >= 15 is 0 Å². The van der Waals surface area contributed by atoms with Crippen molar-refractivity contribution in [1.82, 2.24) is 5.43 Å². The molecule has 0 radical (unpaired) electrons. The van der Waals surface area contributed by atoms with Crippen molar-refractivity contribution in [3.05, 3.63) is 94.0 Å². The van der Waals surface area contributed by atoms with Gasteiger partial charge in [0.2, 0.25) is 0 Å². The van der Waals surface area contributed by atoms with Crippen LogP contribution in [0, 0.1) is 0 Å². The molecule has 0 aromatic heterocycles. The van der Waals surface area contributed by atoms with Crippen LogP contribution in [0.3, 0.4) is 0 Å². The SMILES string of the molecule is CCOc1ccc(C(=O)N/N=C\c2cc(Br)ccc2OC(=O)c2ccccc2)cc1. The zero-order valence-electron chi connectivity index (χ0n) is 16.2. The number of esters is 1. The summed E-state index contributed by atoms with van der Waals surface area (Å²) in [4.78, 5) is 24.6. The first-order chi connectivity index (χ1) is 14.6. The summed E-state index contributed by atoms with van der Waals surface area (Å²) in [6, 6.07) is 20.6. The van der Waals surface area contributed by atoms with E-state index in [1.54, 1.807) is 66.7 Å². The number of halogens is 1. The molecule has 0 aliphatic carbocycles. The second kappa shape index (κ2) is 10.4. The summed E-state index contributed by atoms with van der Waals surface area (Å²) in [5.41, 5.74) is 3.87. The van der Waals surface area contributed by atoms with Crippen LogP contribution in [-0.4, -0.2) is 24.7 Å². The Kier molecular flexibility index (Phi) is 7.34. The van der Waals surface area contributed by atoms with E-state index < -0.39 is 5.97 Å². The molecule has 6 nitrogen and oxygen atoms in total. The highest BCUT2D eigenvalue weighted by atomic mass is 79.9.